The summed E-state index contributed by atoms with van der Waals surface area (Å²) >= 11 is 0. The minimum Gasteiger partial charge on any atom is -0.378 e. The Morgan fingerprint density at radius 1 is 1.38 bits per heavy atom. The van der Waals surface area contributed by atoms with E-state index in [1.807, 2.05) is 48.7 Å². The molecule has 86 valence electrons. The van der Waals surface area contributed by atoms with Gasteiger partial charge in [-0.1, -0.05) is 12.1 Å². The lowest BCUT2D eigenvalue weighted by atomic mass is 10.2. The van der Waals surface area contributed by atoms with E-state index in [-0.39, 0.29) is 0 Å². The van der Waals surface area contributed by atoms with E-state index in [1.54, 1.807) is 0 Å². The van der Waals surface area contributed by atoms with Gasteiger partial charge in [0.15, 0.2) is 0 Å². The maximum absolute atomic E-state index is 10.7. The number of amides is 2. The maximum atomic E-state index is 10.7. The standard InChI is InChI=1S/C10H15N5O/c1-15(2)9-5-3-8(4-6-9)7-12-14-10(16)13-11/h3-7H,11H2,1-2H3,(H2,13,14,16)/b12-7+. The third-order valence-corrected chi connectivity index (χ3v) is 1.92. The number of carbonyl (C=O) groups is 1. The molecule has 4 N–H and O–H groups in total. The average molecular weight is 221 g/mol. The van der Waals surface area contributed by atoms with Crippen molar-refractivity contribution in [3.63, 3.8) is 0 Å². The normalized spacial score (nSPS) is 10.2. The molecule has 0 aromatic heterocycles. The number of hydrazone groups is 1. The lowest BCUT2D eigenvalue weighted by Crippen LogP contribution is -2.37. The molecule has 16 heavy (non-hydrogen) atoms. The Bertz CT molecular complexity index is 371. The van der Waals surface area contributed by atoms with Gasteiger partial charge in [-0.05, 0) is 17.7 Å². The number of benzene rings is 1. The molecule has 0 aliphatic heterocycles. The summed E-state index contributed by atoms with van der Waals surface area (Å²) in [5.74, 6) is 4.86. The van der Waals surface area contributed by atoms with Crippen LogP contribution in [0.5, 0.6) is 0 Å². The van der Waals surface area contributed by atoms with Crippen molar-refractivity contribution in [1.82, 2.24) is 10.9 Å². The molecule has 0 fully saturated rings. The van der Waals surface area contributed by atoms with Crippen LogP contribution in [0.1, 0.15) is 5.56 Å². The number of nitrogens with one attached hydrogen (secondary N) is 2. The number of nitrogens with two attached hydrogens (primary N) is 1. The first kappa shape index (κ1) is 12.0. The molecule has 0 radical (unpaired) electrons. The molecule has 0 aliphatic rings. The van der Waals surface area contributed by atoms with Gasteiger partial charge >= 0.3 is 6.03 Å². The van der Waals surface area contributed by atoms with Crippen LogP contribution in [-0.4, -0.2) is 26.3 Å². The Balaban J connectivity index is 2.58. The van der Waals surface area contributed by atoms with Crippen LogP contribution >= 0.6 is 0 Å². The monoisotopic (exact) mass is 221 g/mol. The number of hydrazine groups is 1. The van der Waals surface area contributed by atoms with E-state index in [4.69, 9.17) is 5.84 Å². The van der Waals surface area contributed by atoms with Gasteiger partial charge in [0.2, 0.25) is 0 Å². The second kappa shape index (κ2) is 5.72. The zero-order valence-corrected chi connectivity index (χ0v) is 9.27. The molecule has 1 rings (SSSR count). The Morgan fingerprint density at radius 3 is 2.50 bits per heavy atom. The molecule has 0 aliphatic carbocycles. The van der Waals surface area contributed by atoms with Crippen LogP contribution in [0.4, 0.5) is 10.5 Å². The zero-order chi connectivity index (χ0) is 12.0. The van der Waals surface area contributed by atoms with Gasteiger partial charge in [0, 0.05) is 19.8 Å². The first-order valence-electron chi connectivity index (χ1n) is 4.70. The molecular weight excluding hydrogens is 206 g/mol. The van der Waals surface area contributed by atoms with Gasteiger partial charge in [-0.15, -0.1) is 0 Å². The first-order valence-corrected chi connectivity index (χ1v) is 4.70. The molecule has 0 saturated heterocycles. The highest BCUT2D eigenvalue weighted by molar-refractivity contribution is 5.82. The van der Waals surface area contributed by atoms with Crippen LogP contribution in [-0.2, 0) is 0 Å². The Hall–Kier alpha value is -2.08. The van der Waals surface area contributed by atoms with Crippen LogP contribution in [0.2, 0.25) is 0 Å². The van der Waals surface area contributed by atoms with E-state index >= 15 is 0 Å². The molecule has 0 spiro atoms. The minimum absolute atomic E-state index is 0.554. The Kier molecular flexibility index (Phi) is 4.28. The average Bonchev–Trinajstić information content (AvgIpc) is 2.29. The second-order valence-corrected chi connectivity index (χ2v) is 3.33. The summed E-state index contributed by atoms with van der Waals surface area (Å²) in [6, 6.07) is 7.18. The fourth-order valence-electron chi connectivity index (χ4n) is 1.06. The van der Waals surface area contributed by atoms with Crippen molar-refractivity contribution < 1.29 is 4.79 Å². The molecule has 1 aromatic carbocycles. The topological polar surface area (TPSA) is 82.8 Å². The van der Waals surface area contributed by atoms with Gasteiger partial charge in [0.1, 0.15) is 0 Å². The van der Waals surface area contributed by atoms with Crippen molar-refractivity contribution >= 4 is 17.9 Å². The number of rotatable bonds is 3. The van der Waals surface area contributed by atoms with Crippen molar-refractivity contribution in [1.29, 1.82) is 0 Å². The van der Waals surface area contributed by atoms with Crippen LogP contribution in [0.15, 0.2) is 29.4 Å². The van der Waals surface area contributed by atoms with E-state index in [0.29, 0.717) is 0 Å². The highest BCUT2D eigenvalue weighted by Crippen LogP contribution is 2.10. The smallest absolute Gasteiger partial charge is 0.349 e. The zero-order valence-electron chi connectivity index (χ0n) is 9.27. The molecule has 0 heterocycles. The van der Waals surface area contributed by atoms with Gasteiger partial charge in [-0.2, -0.15) is 5.10 Å². The van der Waals surface area contributed by atoms with Gasteiger partial charge < -0.3 is 4.90 Å². The summed E-state index contributed by atoms with van der Waals surface area (Å²) in [7, 11) is 3.94. The fourth-order valence-corrected chi connectivity index (χ4v) is 1.06. The number of nitrogens with zero attached hydrogens (tertiary/aromatic N) is 2. The predicted octanol–water partition coefficient (Wildman–Crippen LogP) is 0.259. The first-order chi connectivity index (χ1) is 7.63. The number of urea groups is 1. The van der Waals surface area contributed by atoms with E-state index in [1.165, 1.54) is 6.21 Å². The third kappa shape index (κ3) is 3.58. The molecule has 1 aromatic rings. The van der Waals surface area contributed by atoms with Crippen molar-refractivity contribution in [2.24, 2.45) is 10.9 Å². The quantitative estimate of drug-likeness (QED) is 0.296. The van der Waals surface area contributed by atoms with Gasteiger partial charge in [-0.25, -0.2) is 16.1 Å². The van der Waals surface area contributed by atoms with Gasteiger partial charge in [-0.3, -0.25) is 5.43 Å². The van der Waals surface area contributed by atoms with Crippen LogP contribution in [0.25, 0.3) is 0 Å². The largest absolute Gasteiger partial charge is 0.378 e. The van der Waals surface area contributed by atoms with Crippen LogP contribution in [0, 0.1) is 0 Å². The number of anilines is 1. The van der Waals surface area contributed by atoms with Crippen molar-refractivity contribution in [3.05, 3.63) is 29.8 Å². The molecule has 0 atom stereocenters. The molecular formula is C10H15N5O. The summed E-state index contributed by atoms with van der Waals surface area (Å²) in [6.07, 6.45) is 1.54. The Labute approximate surface area is 94.1 Å². The molecule has 6 nitrogen and oxygen atoms in total. The summed E-state index contributed by atoms with van der Waals surface area (Å²) in [4.78, 5) is 12.7. The highest BCUT2D eigenvalue weighted by Gasteiger charge is 1.94. The lowest BCUT2D eigenvalue weighted by molar-refractivity contribution is 0.241. The van der Waals surface area contributed by atoms with Gasteiger partial charge in [0.25, 0.3) is 0 Å². The van der Waals surface area contributed by atoms with E-state index in [9.17, 15) is 4.79 Å². The fraction of sp³-hybridized carbons (Fsp3) is 0.200. The SMILES string of the molecule is CN(C)c1ccc(/C=N/NC(=O)NN)cc1. The van der Waals surface area contributed by atoms with Crippen molar-refractivity contribution in [3.8, 4) is 0 Å². The van der Waals surface area contributed by atoms with Crippen molar-refractivity contribution in [2.45, 2.75) is 0 Å². The highest BCUT2D eigenvalue weighted by atomic mass is 16.2. The second-order valence-electron chi connectivity index (χ2n) is 3.33. The number of hydrogen-bond acceptors (Lipinski definition) is 4. The lowest BCUT2D eigenvalue weighted by Gasteiger charge is -2.11. The summed E-state index contributed by atoms with van der Waals surface area (Å²) in [6.45, 7) is 0. The summed E-state index contributed by atoms with van der Waals surface area (Å²) < 4.78 is 0. The van der Waals surface area contributed by atoms with E-state index in [2.05, 4.69) is 10.5 Å². The van der Waals surface area contributed by atoms with Gasteiger partial charge in [0.05, 0.1) is 6.21 Å². The Morgan fingerprint density at radius 2 is 2.00 bits per heavy atom. The maximum Gasteiger partial charge on any atom is 0.349 e. The molecule has 0 unspecified atom stereocenters. The van der Waals surface area contributed by atoms with Crippen LogP contribution in [0.3, 0.4) is 0 Å². The minimum atomic E-state index is -0.554. The molecule has 6 heteroatoms. The van der Waals surface area contributed by atoms with Crippen molar-refractivity contribution in [2.75, 3.05) is 19.0 Å². The number of carbonyl (C=O) groups excluding carboxylic acids is 1. The van der Waals surface area contributed by atoms with E-state index < -0.39 is 6.03 Å². The summed E-state index contributed by atoms with van der Waals surface area (Å²) in [5.41, 5.74) is 6.10. The predicted molar refractivity (Wildman–Crippen MR) is 64.2 cm³/mol. The molecule has 2 amide bonds. The summed E-state index contributed by atoms with van der Waals surface area (Å²) in [5, 5.41) is 3.71. The third-order valence-electron chi connectivity index (χ3n) is 1.92. The number of hydrogen-bond donors (Lipinski definition) is 3. The van der Waals surface area contributed by atoms with E-state index in [0.717, 1.165) is 11.3 Å². The molecule has 0 saturated carbocycles. The molecule has 0 bridgehead atoms. The van der Waals surface area contributed by atoms with Crippen LogP contribution < -0.4 is 21.6 Å².